The van der Waals surface area contributed by atoms with Crippen LogP contribution < -0.4 is 10.1 Å². The van der Waals surface area contributed by atoms with Gasteiger partial charge >= 0.3 is 0 Å². The lowest BCUT2D eigenvalue weighted by molar-refractivity contribution is -0.131. The number of benzene rings is 2. The fourth-order valence-corrected chi connectivity index (χ4v) is 3.26. The molecule has 7 heteroatoms. The molecule has 1 aromatic heterocycles. The number of rotatable bonds is 6. The third-order valence-corrected chi connectivity index (χ3v) is 4.76. The third kappa shape index (κ3) is 3.99. The summed E-state index contributed by atoms with van der Waals surface area (Å²) >= 11 is 0. The summed E-state index contributed by atoms with van der Waals surface area (Å²) in [5, 5.41) is 8.80. The highest BCUT2D eigenvalue weighted by molar-refractivity contribution is 6.03. The minimum atomic E-state index is -0.410. The van der Waals surface area contributed by atoms with Crippen molar-refractivity contribution in [1.29, 1.82) is 0 Å². The maximum atomic E-state index is 13.8. The number of hydrazone groups is 1. The number of hydrogen-bond donors (Lipinski definition) is 1. The number of methoxy groups -OCH3 is 1. The second-order valence-electron chi connectivity index (χ2n) is 6.58. The Morgan fingerprint density at radius 3 is 2.69 bits per heavy atom. The van der Waals surface area contributed by atoms with Gasteiger partial charge in [-0.15, -0.1) is 0 Å². The van der Waals surface area contributed by atoms with Crippen LogP contribution in [0.25, 0.3) is 0 Å². The SMILES string of the molecule is COc1ccc(C2=NN(C(=O)CNc3ccccc3F)[C@@H](c3ccco3)C2)cc1. The molecule has 1 aliphatic heterocycles. The molecular formula is C22H20FN3O3. The van der Waals surface area contributed by atoms with Crippen molar-refractivity contribution >= 4 is 17.3 Å². The van der Waals surface area contributed by atoms with Gasteiger partial charge in [-0.1, -0.05) is 12.1 Å². The number of furan rings is 1. The van der Waals surface area contributed by atoms with E-state index in [1.807, 2.05) is 30.3 Å². The van der Waals surface area contributed by atoms with Crippen LogP contribution >= 0.6 is 0 Å². The van der Waals surface area contributed by atoms with Crippen molar-refractivity contribution in [3.8, 4) is 5.75 Å². The van der Waals surface area contributed by atoms with Crippen LogP contribution in [0.4, 0.5) is 10.1 Å². The summed E-state index contributed by atoms with van der Waals surface area (Å²) in [6, 6.07) is 17.0. The second-order valence-corrected chi connectivity index (χ2v) is 6.58. The van der Waals surface area contributed by atoms with Crippen molar-refractivity contribution in [2.75, 3.05) is 19.0 Å². The first-order chi connectivity index (χ1) is 14.2. The van der Waals surface area contributed by atoms with Gasteiger partial charge in [0.25, 0.3) is 5.91 Å². The molecule has 148 valence electrons. The average Bonchev–Trinajstić information content (AvgIpc) is 3.43. The standard InChI is InChI=1S/C22H20FN3O3/c1-28-16-10-8-15(9-11-16)19-13-20(21-7-4-12-29-21)26(25-19)22(27)14-24-18-6-3-2-5-17(18)23/h2-12,20,24H,13-14H2,1H3/t20-/m1/s1. The van der Waals surface area contributed by atoms with Crippen LogP contribution in [0.3, 0.4) is 0 Å². The molecule has 3 aromatic rings. The molecule has 1 N–H and O–H groups in total. The van der Waals surface area contributed by atoms with E-state index in [4.69, 9.17) is 9.15 Å². The molecule has 2 aromatic carbocycles. The molecule has 1 atom stereocenters. The molecule has 0 fully saturated rings. The summed E-state index contributed by atoms with van der Waals surface area (Å²) in [5.41, 5.74) is 1.95. The van der Waals surface area contributed by atoms with E-state index in [0.29, 0.717) is 12.2 Å². The van der Waals surface area contributed by atoms with Crippen molar-refractivity contribution in [1.82, 2.24) is 5.01 Å². The molecule has 6 nitrogen and oxygen atoms in total. The molecule has 1 aliphatic rings. The smallest absolute Gasteiger partial charge is 0.262 e. The Morgan fingerprint density at radius 2 is 2.00 bits per heavy atom. The van der Waals surface area contributed by atoms with Crippen LogP contribution in [0.5, 0.6) is 5.75 Å². The molecule has 0 saturated heterocycles. The largest absolute Gasteiger partial charge is 0.497 e. The zero-order valence-electron chi connectivity index (χ0n) is 15.8. The molecule has 0 saturated carbocycles. The summed E-state index contributed by atoms with van der Waals surface area (Å²) in [6.07, 6.45) is 2.09. The summed E-state index contributed by atoms with van der Waals surface area (Å²) in [7, 11) is 1.61. The zero-order valence-corrected chi connectivity index (χ0v) is 15.8. The van der Waals surface area contributed by atoms with Crippen LogP contribution in [-0.4, -0.2) is 30.3 Å². The van der Waals surface area contributed by atoms with Gasteiger partial charge in [-0.05, 0) is 54.1 Å². The molecule has 2 heterocycles. The zero-order chi connectivity index (χ0) is 20.2. The summed E-state index contributed by atoms with van der Waals surface area (Å²) in [4.78, 5) is 12.9. The van der Waals surface area contributed by atoms with E-state index in [2.05, 4.69) is 10.4 Å². The lowest BCUT2D eigenvalue weighted by atomic mass is 10.0. The van der Waals surface area contributed by atoms with Gasteiger partial charge in [-0.2, -0.15) is 5.10 Å². The lowest BCUT2D eigenvalue weighted by Gasteiger charge is -2.20. The van der Waals surface area contributed by atoms with Crippen molar-refractivity contribution < 1.29 is 18.3 Å². The molecule has 0 spiro atoms. The van der Waals surface area contributed by atoms with E-state index >= 15 is 0 Å². The van der Waals surface area contributed by atoms with E-state index < -0.39 is 5.82 Å². The molecular weight excluding hydrogens is 373 g/mol. The van der Waals surface area contributed by atoms with Crippen molar-refractivity contribution in [2.24, 2.45) is 5.10 Å². The molecule has 1 amide bonds. The van der Waals surface area contributed by atoms with Gasteiger partial charge in [0.1, 0.15) is 23.4 Å². The Labute approximate surface area is 167 Å². The van der Waals surface area contributed by atoms with Gasteiger partial charge in [0.2, 0.25) is 0 Å². The number of amides is 1. The third-order valence-electron chi connectivity index (χ3n) is 4.76. The van der Waals surface area contributed by atoms with Gasteiger partial charge in [0.05, 0.1) is 31.3 Å². The number of ether oxygens (including phenoxy) is 1. The number of anilines is 1. The van der Waals surface area contributed by atoms with Crippen LogP contribution in [0.15, 0.2) is 76.4 Å². The number of nitrogens with zero attached hydrogens (tertiary/aromatic N) is 2. The number of halogens is 1. The predicted octanol–water partition coefficient (Wildman–Crippen LogP) is 4.22. The first-order valence-corrected chi connectivity index (χ1v) is 9.21. The van der Waals surface area contributed by atoms with E-state index in [9.17, 15) is 9.18 Å². The van der Waals surface area contributed by atoms with Gasteiger partial charge in [0, 0.05) is 6.42 Å². The number of nitrogens with one attached hydrogen (secondary N) is 1. The Hall–Kier alpha value is -3.61. The van der Waals surface area contributed by atoms with Gasteiger partial charge < -0.3 is 14.5 Å². The average molecular weight is 393 g/mol. The highest BCUT2D eigenvalue weighted by atomic mass is 19.1. The summed E-state index contributed by atoms with van der Waals surface area (Å²) in [6.45, 7) is -0.0858. The Bertz CT molecular complexity index is 1020. The van der Waals surface area contributed by atoms with E-state index in [1.165, 1.54) is 11.1 Å². The molecule has 4 rings (SSSR count). The van der Waals surface area contributed by atoms with Crippen molar-refractivity contribution in [3.05, 3.63) is 84.1 Å². The first kappa shape index (κ1) is 18.7. The molecule has 0 unspecified atom stereocenters. The fraction of sp³-hybridized carbons (Fsp3) is 0.182. The molecule has 0 aliphatic carbocycles. The Kier molecular flexibility index (Phi) is 5.29. The van der Waals surface area contributed by atoms with Crippen molar-refractivity contribution in [3.63, 3.8) is 0 Å². The number of carbonyl (C=O) groups excluding carboxylic acids is 1. The van der Waals surface area contributed by atoms with E-state index in [0.717, 1.165) is 17.0 Å². The van der Waals surface area contributed by atoms with Crippen LogP contribution in [0.2, 0.25) is 0 Å². The number of hydrogen-bond acceptors (Lipinski definition) is 5. The molecule has 0 bridgehead atoms. The van der Waals surface area contributed by atoms with Crippen LogP contribution in [-0.2, 0) is 4.79 Å². The predicted molar refractivity (Wildman–Crippen MR) is 107 cm³/mol. The minimum absolute atomic E-state index is 0.0858. The minimum Gasteiger partial charge on any atom is -0.497 e. The number of para-hydroxylation sites is 1. The second kappa shape index (κ2) is 8.18. The topological polar surface area (TPSA) is 67.1 Å². The van der Waals surface area contributed by atoms with Crippen LogP contribution in [0.1, 0.15) is 23.8 Å². The Balaban J connectivity index is 1.55. The fourth-order valence-electron chi connectivity index (χ4n) is 3.26. The van der Waals surface area contributed by atoms with Gasteiger partial charge in [-0.25, -0.2) is 9.40 Å². The van der Waals surface area contributed by atoms with Crippen molar-refractivity contribution in [2.45, 2.75) is 12.5 Å². The maximum absolute atomic E-state index is 13.8. The maximum Gasteiger partial charge on any atom is 0.262 e. The normalized spacial score (nSPS) is 15.9. The van der Waals surface area contributed by atoms with Crippen LogP contribution in [0, 0.1) is 5.82 Å². The molecule has 29 heavy (non-hydrogen) atoms. The number of carbonyl (C=O) groups is 1. The highest BCUT2D eigenvalue weighted by Gasteiger charge is 2.34. The monoisotopic (exact) mass is 393 g/mol. The Morgan fingerprint density at radius 1 is 1.21 bits per heavy atom. The summed E-state index contributed by atoms with van der Waals surface area (Å²) < 4.78 is 24.6. The van der Waals surface area contributed by atoms with E-state index in [1.54, 1.807) is 37.6 Å². The quantitative estimate of drug-likeness (QED) is 0.681. The molecule has 0 radical (unpaired) electrons. The lowest BCUT2D eigenvalue weighted by Crippen LogP contribution is -2.32. The van der Waals surface area contributed by atoms with Gasteiger partial charge in [0.15, 0.2) is 0 Å². The van der Waals surface area contributed by atoms with Gasteiger partial charge in [-0.3, -0.25) is 4.79 Å². The summed E-state index contributed by atoms with van der Waals surface area (Å²) in [5.74, 6) is 0.707. The van der Waals surface area contributed by atoms with E-state index in [-0.39, 0.29) is 24.2 Å². The first-order valence-electron chi connectivity index (χ1n) is 9.21. The highest BCUT2D eigenvalue weighted by Crippen LogP contribution is 2.33.